The Balaban J connectivity index is 2.76. The molecule has 4 heteroatoms. The van der Waals surface area contributed by atoms with Gasteiger partial charge < -0.3 is 15.4 Å². The van der Waals surface area contributed by atoms with Gasteiger partial charge in [0.25, 0.3) is 0 Å². The number of carbonyl (C=O) groups excluding carboxylic acids is 1. The summed E-state index contributed by atoms with van der Waals surface area (Å²) in [4.78, 5) is 13.8. The SMILES string of the molecule is CCN(CC)C(=O)CC(N)c1ccccc1OC. The zero-order chi connectivity index (χ0) is 13.5. The van der Waals surface area contributed by atoms with E-state index in [-0.39, 0.29) is 11.9 Å². The molecule has 0 heterocycles. The highest BCUT2D eigenvalue weighted by Gasteiger charge is 2.18. The number of carbonyl (C=O) groups is 1. The first-order valence-corrected chi connectivity index (χ1v) is 6.30. The number of nitrogens with two attached hydrogens (primary N) is 1. The van der Waals surface area contributed by atoms with Crippen molar-refractivity contribution in [2.75, 3.05) is 20.2 Å². The Labute approximate surface area is 109 Å². The molecule has 2 N–H and O–H groups in total. The molecule has 0 radical (unpaired) electrons. The van der Waals surface area contributed by atoms with Crippen LogP contribution in [0.1, 0.15) is 31.9 Å². The molecular formula is C14H22N2O2. The molecule has 4 nitrogen and oxygen atoms in total. The van der Waals surface area contributed by atoms with Gasteiger partial charge in [-0.1, -0.05) is 18.2 Å². The molecule has 1 unspecified atom stereocenters. The second-order valence-corrected chi connectivity index (χ2v) is 4.12. The Morgan fingerprint density at radius 1 is 1.33 bits per heavy atom. The molecule has 0 aliphatic heterocycles. The van der Waals surface area contributed by atoms with Crippen molar-refractivity contribution in [2.45, 2.75) is 26.3 Å². The first kappa shape index (κ1) is 14.5. The smallest absolute Gasteiger partial charge is 0.224 e. The van der Waals surface area contributed by atoms with Gasteiger partial charge in [-0.2, -0.15) is 0 Å². The summed E-state index contributed by atoms with van der Waals surface area (Å²) in [6.45, 7) is 5.37. The molecule has 0 spiro atoms. The minimum absolute atomic E-state index is 0.0819. The van der Waals surface area contributed by atoms with E-state index in [1.165, 1.54) is 0 Å². The molecule has 1 rings (SSSR count). The first-order valence-electron chi connectivity index (χ1n) is 6.30. The van der Waals surface area contributed by atoms with Crippen molar-refractivity contribution in [2.24, 2.45) is 5.73 Å². The highest BCUT2D eigenvalue weighted by atomic mass is 16.5. The molecule has 1 aromatic carbocycles. The molecule has 0 saturated heterocycles. The number of nitrogens with zero attached hydrogens (tertiary/aromatic N) is 1. The lowest BCUT2D eigenvalue weighted by Gasteiger charge is -2.21. The Morgan fingerprint density at radius 2 is 1.94 bits per heavy atom. The molecule has 0 saturated carbocycles. The van der Waals surface area contributed by atoms with Gasteiger partial charge in [-0.15, -0.1) is 0 Å². The van der Waals surface area contributed by atoms with Crippen LogP contribution in [0.5, 0.6) is 5.75 Å². The van der Waals surface area contributed by atoms with Gasteiger partial charge in [0.05, 0.1) is 7.11 Å². The third-order valence-electron chi connectivity index (χ3n) is 3.05. The molecule has 0 bridgehead atoms. The Kier molecular flexibility index (Phi) is 5.65. The molecular weight excluding hydrogens is 228 g/mol. The maximum atomic E-state index is 12.0. The fourth-order valence-corrected chi connectivity index (χ4v) is 1.98. The Morgan fingerprint density at radius 3 is 2.50 bits per heavy atom. The topological polar surface area (TPSA) is 55.6 Å². The fourth-order valence-electron chi connectivity index (χ4n) is 1.98. The number of hydrogen-bond acceptors (Lipinski definition) is 3. The van der Waals surface area contributed by atoms with Crippen LogP contribution in [0, 0.1) is 0 Å². The first-order chi connectivity index (χ1) is 8.63. The van der Waals surface area contributed by atoms with Crippen molar-refractivity contribution in [3.8, 4) is 5.75 Å². The van der Waals surface area contributed by atoms with E-state index in [0.29, 0.717) is 19.5 Å². The highest BCUT2D eigenvalue weighted by molar-refractivity contribution is 5.77. The van der Waals surface area contributed by atoms with Crippen LogP contribution >= 0.6 is 0 Å². The van der Waals surface area contributed by atoms with Crippen molar-refractivity contribution in [3.63, 3.8) is 0 Å². The van der Waals surface area contributed by atoms with E-state index < -0.39 is 0 Å². The van der Waals surface area contributed by atoms with Gasteiger partial charge >= 0.3 is 0 Å². The summed E-state index contributed by atoms with van der Waals surface area (Å²) in [7, 11) is 1.61. The fraction of sp³-hybridized carbons (Fsp3) is 0.500. The van der Waals surface area contributed by atoms with Crippen LogP contribution in [0.25, 0.3) is 0 Å². The Hall–Kier alpha value is -1.55. The van der Waals surface area contributed by atoms with Crippen molar-refractivity contribution < 1.29 is 9.53 Å². The number of hydrogen-bond donors (Lipinski definition) is 1. The van der Waals surface area contributed by atoms with E-state index in [1.807, 2.05) is 38.1 Å². The minimum Gasteiger partial charge on any atom is -0.496 e. The number of ether oxygens (including phenoxy) is 1. The molecule has 0 aliphatic rings. The van der Waals surface area contributed by atoms with Gasteiger partial charge in [-0.3, -0.25) is 4.79 Å². The van der Waals surface area contributed by atoms with E-state index in [2.05, 4.69) is 0 Å². The number of para-hydroxylation sites is 1. The Bertz CT molecular complexity index is 389. The standard InChI is InChI=1S/C14H22N2O2/c1-4-16(5-2)14(17)10-12(15)11-8-6-7-9-13(11)18-3/h6-9,12H,4-5,10,15H2,1-3H3. The monoisotopic (exact) mass is 250 g/mol. The average molecular weight is 250 g/mol. The normalized spacial score (nSPS) is 12.0. The number of amides is 1. The summed E-state index contributed by atoms with van der Waals surface area (Å²) < 4.78 is 5.26. The van der Waals surface area contributed by atoms with Crippen LogP contribution in [-0.4, -0.2) is 31.0 Å². The van der Waals surface area contributed by atoms with E-state index in [9.17, 15) is 4.79 Å². The largest absolute Gasteiger partial charge is 0.496 e. The average Bonchev–Trinajstić information content (AvgIpc) is 2.40. The van der Waals surface area contributed by atoms with E-state index >= 15 is 0 Å². The predicted octanol–water partition coefficient (Wildman–Crippen LogP) is 1.95. The van der Waals surface area contributed by atoms with Gasteiger partial charge in [-0.05, 0) is 19.9 Å². The number of rotatable bonds is 6. The van der Waals surface area contributed by atoms with Crippen molar-refractivity contribution in [1.29, 1.82) is 0 Å². The third-order valence-corrected chi connectivity index (χ3v) is 3.05. The summed E-state index contributed by atoms with van der Waals surface area (Å²) in [5, 5.41) is 0. The van der Waals surface area contributed by atoms with Gasteiger partial charge in [0.2, 0.25) is 5.91 Å². The zero-order valence-electron chi connectivity index (χ0n) is 11.3. The van der Waals surface area contributed by atoms with Crippen LogP contribution in [-0.2, 0) is 4.79 Å². The molecule has 1 amide bonds. The van der Waals surface area contributed by atoms with Gasteiger partial charge in [0, 0.05) is 31.1 Å². The predicted molar refractivity (Wildman–Crippen MR) is 72.5 cm³/mol. The summed E-state index contributed by atoms with van der Waals surface area (Å²) in [5.74, 6) is 0.816. The zero-order valence-corrected chi connectivity index (χ0v) is 11.3. The lowest BCUT2D eigenvalue weighted by atomic mass is 10.0. The second-order valence-electron chi connectivity index (χ2n) is 4.12. The van der Waals surface area contributed by atoms with Crippen LogP contribution in [0.3, 0.4) is 0 Å². The van der Waals surface area contributed by atoms with Gasteiger partial charge in [0.1, 0.15) is 5.75 Å². The lowest BCUT2D eigenvalue weighted by Crippen LogP contribution is -2.33. The summed E-state index contributed by atoms with van der Waals surface area (Å²) in [6, 6.07) is 7.23. The van der Waals surface area contributed by atoms with Crippen molar-refractivity contribution >= 4 is 5.91 Å². The quantitative estimate of drug-likeness (QED) is 0.839. The second kappa shape index (κ2) is 7.01. The molecule has 0 aromatic heterocycles. The van der Waals surface area contributed by atoms with Gasteiger partial charge in [0.15, 0.2) is 0 Å². The van der Waals surface area contributed by atoms with Gasteiger partial charge in [-0.25, -0.2) is 0 Å². The minimum atomic E-state index is -0.325. The summed E-state index contributed by atoms with van der Waals surface area (Å²) >= 11 is 0. The maximum Gasteiger partial charge on any atom is 0.224 e. The maximum absolute atomic E-state index is 12.0. The lowest BCUT2D eigenvalue weighted by molar-refractivity contribution is -0.131. The molecule has 100 valence electrons. The molecule has 1 aromatic rings. The number of benzene rings is 1. The third kappa shape index (κ3) is 3.47. The van der Waals surface area contributed by atoms with Crippen molar-refractivity contribution in [3.05, 3.63) is 29.8 Å². The highest BCUT2D eigenvalue weighted by Crippen LogP contribution is 2.25. The van der Waals surface area contributed by atoms with Crippen molar-refractivity contribution in [1.82, 2.24) is 4.90 Å². The molecule has 0 fully saturated rings. The van der Waals surface area contributed by atoms with Crippen LogP contribution in [0.2, 0.25) is 0 Å². The molecule has 0 aliphatic carbocycles. The molecule has 1 atom stereocenters. The van der Waals surface area contributed by atoms with E-state index in [4.69, 9.17) is 10.5 Å². The van der Waals surface area contributed by atoms with Crippen LogP contribution in [0.15, 0.2) is 24.3 Å². The van der Waals surface area contributed by atoms with Crippen LogP contribution < -0.4 is 10.5 Å². The summed E-state index contributed by atoms with van der Waals surface area (Å²) in [5.41, 5.74) is 6.97. The van der Waals surface area contributed by atoms with E-state index in [0.717, 1.165) is 11.3 Å². The van der Waals surface area contributed by atoms with Crippen LogP contribution in [0.4, 0.5) is 0 Å². The van der Waals surface area contributed by atoms with E-state index in [1.54, 1.807) is 12.0 Å². The molecule has 18 heavy (non-hydrogen) atoms. The summed E-state index contributed by atoms with van der Waals surface area (Å²) in [6.07, 6.45) is 0.308. The number of methoxy groups -OCH3 is 1.